The molecule has 0 amide bonds. The third-order valence-electron chi connectivity index (χ3n) is 5.00. The van der Waals surface area contributed by atoms with E-state index in [1.54, 1.807) is 26.8 Å². The zero-order valence-electron chi connectivity index (χ0n) is 15.2. The number of aromatic amines is 1. The van der Waals surface area contributed by atoms with Gasteiger partial charge in [0.25, 0.3) is 5.56 Å². The smallest absolute Gasteiger partial charge is 0.251 e. The van der Waals surface area contributed by atoms with Crippen molar-refractivity contribution in [3.8, 4) is 17.2 Å². The number of benzene rings is 1. The maximum atomic E-state index is 12.3. The van der Waals surface area contributed by atoms with Gasteiger partial charge < -0.3 is 35.8 Å². The summed E-state index contributed by atoms with van der Waals surface area (Å²) >= 11 is 0. The molecule has 144 valence electrons. The van der Waals surface area contributed by atoms with Crippen molar-refractivity contribution >= 4 is 11.4 Å². The number of aromatic nitrogens is 1. The molecule has 1 aromatic heterocycles. The van der Waals surface area contributed by atoms with Crippen molar-refractivity contribution in [2.45, 2.75) is 39.3 Å². The molecule has 2 unspecified atom stereocenters. The van der Waals surface area contributed by atoms with Crippen LogP contribution < -0.4 is 10.9 Å². The van der Waals surface area contributed by atoms with E-state index in [-0.39, 0.29) is 22.6 Å². The van der Waals surface area contributed by atoms with Gasteiger partial charge in [0.05, 0.1) is 23.4 Å². The number of aromatic hydroxyl groups is 3. The van der Waals surface area contributed by atoms with Crippen LogP contribution in [0.3, 0.4) is 0 Å². The van der Waals surface area contributed by atoms with Crippen molar-refractivity contribution in [3.63, 3.8) is 0 Å². The summed E-state index contributed by atoms with van der Waals surface area (Å²) in [7, 11) is 0. The topological polar surface area (TPSA) is 146 Å². The number of aliphatic hydroxyl groups excluding tert-OH is 2. The molecule has 0 bridgehead atoms. The molecule has 27 heavy (non-hydrogen) atoms. The van der Waals surface area contributed by atoms with E-state index in [9.17, 15) is 30.3 Å². The third-order valence-corrected chi connectivity index (χ3v) is 5.00. The minimum absolute atomic E-state index is 0.0395. The zero-order chi connectivity index (χ0) is 20.0. The molecule has 1 aliphatic heterocycles. The largest absolute Gasteiger partial charge is 0.507 e. The first kappa shape index (κ1) is 18.7. The lowest BCUT2D eigenvalue weighted by Crippen LogP contribution is -2.24. The number of fused-ring (bicyclic) bond motifs is 1. The minimum atomic E-state index is -0.801. The van der Waals surface area contributed by atoms with Crippen molar-refractivity contribution in [2.24, 2.45) is 0 Å². The lowest BCUT2D eigenvalue weighted by atomic mass is 9.91. The van der Waals surface area contributed by atoms with Gasteiger partial charge in [-0.05, 0) is 37.5 Å². The van der Waals surface area contributed by atoms with E-state index >= 15 is 0 Å². The van der Waals surface area contributed by atoms with Crippen LogP contribution in [0.1, 0.15) is 54.8 Å². The van der Waals surface area contributed by atoms with Gasteiger partial charge in [0.1, 0.15) is 5.76 Å². The Balaban J connectivity index is 2.18. The molecular formula is C19H22N2O6. The molecule has 8 nitrogen and oxygen atoms in total. The van der Waals surface area contributed by atoms with Crippen molar-refractivity contribution in [1.29, 1.82) is 0 Å². The molecule has 0 spiro atoms. The number of anilines is 1. The molecule has 0 fully saturated rings. The van der Waals surface area contributed by atoms with Crippen LogP contribution in [-0.4, -0.2) is 30.5 Å². The number of phenols is 3. The van der Waals surface area contributed by atoms with Crippen LogP contribution in [0.15, 0.2) is 22.5 Å². The summed E-state index contributed by atoms with van der Waals surface area (Å²) in [6.45, 7) is 5.03. The molecule has 0 radical (unpaired) electrons. The van der Waals surface area contributed by atoms with Crippen LogP contribution in [0.2, 0.25) is 0 Å². The van der Waals surface area contributed by atoms with Crippen molar-refractivity contribution in [2.75, 3.05) is 5.32 Å². The summed E-state index contributed by atoms with van der Waals surface area (Å²) in [5.74, 6) is -2.21. The Kier molecular flexibility index (Phi) is 4.52. The van der Waals surface area contributed by atoms with Crippen LogP contribution in [-0.2, 0) is 0 Å². The second kappa shape index (κ2) is 6.55. The number of pyridine rings is 1. The highest BCUT2D eigenvalue weighted by atomic mass is 16.3. The maximum absolute atomic E-state index is 12.3. The van der Waals surface area contributed by atoms with Crippen LogP contribution >= 0.6 is 0 Å². The Morgan fingerprint density at radius 2 is 1.78 bits per heavy atom. The molecule has 0 aliphatic carbocycles. The normalized spacial score (nSPS) is 17.4. The lowest BCUT2D eigenvalue weighted by Gasteiger charge is -2.29. The second-order valence-corrected chi connectivity index (χ2v) is 6.68. The van der Waals surface area contributed by atoms with E-state index in [0.717, 1.165) is 0 Å². The second-order valence-electron chi connectivity index (χ2n) is 6.68. The van der Waals surface area contributed by atoms with E-state index in [2.05, 4.69) is 10.3 Å². The van der Waals surface area contributed by atoms with Crippen molar-refractivity contribution in [1.82, 2.24) is 4.98 Å². The predicted octanol–water partition coefficient (Wildman–Crippen LogP) is 2.70. The first-order valence-corrected chi connectivity index (χ1v) is 8.53. The average Bonchev–Trinajstić information content (AvgIpc) is 2.64. The average molecular weight is 374 g/mol. The number of H-pyrrole nitrogens is 1. The van der Waals surface area contributed by atoms with Crippen LogP contribution in [0.25, 0.3) is 5.76 Å². The molecule has 0 saturated carbocycles. The molecule has 1 aromatic carbocycles. The molecule has 1 aliphatic rings. The number of hydrogen-bond acceptors (Lipinski definition) is 7. The maximum Gasteiger partial charge on any atom is 0.251 e. The number of hydrogen-bond donors (Lipinski definition) is 7. The Labute approximate surface area is 155 Å². The first-order chi connectivity index (χ1) is 12.7. The number of aliphatic hydroxyl groups is 2. The van der Waals surface area contributed by atoms with Gasteiger partial charge in [-0.3, -0.25) is 4.79 Å². The SMILES string of the molecule is CCC(O)c1cc(C2Nc3cc(O)c(O)c(O)c3C(O)=C2C)[nH]c(=O)c1C. The molecule has 2 aromatic rings. The summed E-state index contributed by atoms with van der Waals surface area (Å²) in [6.07, 6.45) is -0.365. The molecule has 8 heteroatoms. The van der Waals surface area contributed by atoms with Gasteiger partial charge in [0.2, 0.25) is 5.75 Å². The van der Waals surface area contributed by atoms with E-state index in [4.69, 9.17) is 0 Å². The van der Waals surface area contributed by atoms with E-state index in [1.165, 1.54) is 6.07 Å². The predicted molar refractivity (Wildman–Crippen MR) is 100 cm³/mol. The molecule has 2 heterocycles. The van der Waals surface area contributed by atoms with Gasteiger partial charge in [-0.25, -0.2) is 0 Å². The Morgan fingerprint density at radius 1 is 1.11 bits per heavy atom. The standard InChI is InChI=1S/C19H22N2O6/c1-4-12(22)9-5-11(21-19(27)7(9)2)15-8(3)16(24)14-10(20-15)6-13(23)17(25)18(14)26/h5-6,12,15,20,22-26H,4H2,1-3H3,(H,21,27). The molecule has 0 saturated heterocycles. The van der Waals surface area contributed by atoms with Crippen LogP contribution in [0, 0.1) is 6.92 Å². The van der Waals surface area contributed by atoms with E-state index in [0.29, 0.717) is 28.8 Å². The fourth-order valence-corrected chi connectivity index (χ4v) is 3.30. The summed E-state index contributed by atoms with van der Waals surface area (Å²) in [4.78, 5) is 15.1. The molecule has 2 atom stereocenters. The summed E-state index contributed by atoms with van der Waals surface area (Å²) in [5, 5.41) is 53.3. The first-order valence-electron chi connectivity index (χ1n) is 8.53. The Morgan fingerprint density at radius 3 is 2.41 bits per heavy atom. The minimum Gasteiger partial charge on any atom is -0.507 e. The highest BCUT2D eigenvalue weighted by molar-refractivity contribution is 5.85. The van der Waals surface area contributed by atoms with E-state index < -0.39 is 29.4 Å². The fraction of sp³-hybridized carbons (Fsp3) is 0.316. The summed E-state index contributed by atoms with van der Waals surface area (Å²) < 4.78 is 0. The number of rotatable bonds is 3. The number of phenolic OH excluding ortho intramolecular Hbond substituents is 3. The monoisotopic (exact) mass is 374 g/mol. The van der Waals surface area contributed by atoms with Gasteiger partial charge in [-0.15, -0.1) is 0 Å². The fourth-order valence-electron chi connectivity index (χ4n) is 3.30. The Bertz CT molecular complexity index is 1010. The lowest BCUT2D eigenvalue weighted by molar-refractivity contribution is 0.172. The van der Waals surface area contributed by atoms with Gasteiger partial charge >= 0.3 is 0 Å². The van der Waals surface area contributed by atoms with Gasteiger partial charge in [-0.1, -0.05) is 6.92 Å². The molecular weight excluding hydrogens is 352 g/mol. The van der Waals surface area contributed by atoms with Gasteiger partial charge in [-0.2, -0.15) is 0 Å². The molecule has 3 rings (SSSR count). The zero-order valence-corrected chi connectivity index (χ0v) is 15.2. The van der Waals surface area contributed by atoms with Crippen LogP contribution in [0.5, 0.6) is 17.2 Å². The van der Waals surface area contributed by atoms with Crippen molar-refractivity contribution in [3.05, 3.63) is 50.4 Å². The van der Waals surface area contributed by atoms with Gasteiger partial charge in [0.15, 0.2) is 11.5 Å². The van der Waals surface area contributed by atoms with E-state index in [1.807, 2.05) is 0 Å². The quantitative estimate of drug-likeness (QED) is 0.323. The highest BCUT2D eigenvalue weighted by Crippen LogP contribution is 2.49. The Hall–Kier alpha value is -3.13. The van der Waals surface area contributed by atoms with Crippen LogP contribution in [0.4, 0.5) is 5.69 Å². The van der Waals surface area contributed by atoms with Crippen molar-refractivity contribution < 1.29 is 25.5 Å². The summed E-state index contributed by atoms with van der Waals surface area (Å²) in [6, 6.07) is 2.16. The third kappa shape index (κ3) is 2.87. The molecule has 7 N–H and O–H groups in total. The highest BCUT2D eigenvalue weighted by Gasteiger charge is 2.31. The summed E-state index contributed by atoms with van der Waals surface area (Å²) in [5.41, 5.74) is 1.50. The van der Waals surface area contributed by atoms with Gasteiger partial charge in [0, 0.05) is 17.3 Å². The number of nitrogens with one attached hydrogen (secondary N) is 2.